The predicted molar refractivity (Wildman–Crippen MR) is 77.6 cm³/mol. The van der Waals surface area contributed by atoms with Crippen LogP contribution in [0.4, 0.5) is 4.79 Å². The van der Waals surface area contributed by atoms with E-state index in [-0.39, 0.29) is 6.61 Å². The number of carbonyl (C=O) groups excluding carboxylic acids is 3. The first kappa shape index (κ1) is 19.1. The molecule has 21 heavy (non-hydrogen) atoms. The molecule has 120 valence electrons. The highest BCUT2D eigenvalue weighted by atomic mass is 16.6. The van der Waals surface area contributed by atoms with Crippen LogP contribution in [0.2, 0.25) is 0 Å². The highest BCUT2D eigenvalue weighted by Crippen LogP contribution is 2.01. The molecule has 0 aliphatic rings. The number of carbonyl (C=O) groups is 3. The molecule has 0 spiro atoms. The fourth-order valence-electron chi connectivity index (χ4n) is 1.19. The van der Waals surface area contributed by atoms with Gasteiger partial charge in [0.2, 0.25) is 0 Å². The number of amides is 3. The quantitative estimate of drug-likeness (QED) is 0.566. The van der Waals surface area contributed by atoms with E-state index in [4.69, 9.17) is 9.47 Å². The van der Waals surface area contributed by atoms with E-state index in [0.717, 1.165) is 0 Å². The van der Waals surface area contributed by atoms with Gasteiger partial charge in [-0.3, -0.25) is 10.1 Å². The Morgan fingerprint density at radius 3 is 2.24 bits per heavy atom. The maximum Gasteiger partial charge on any atom is 0.335 e. The van der Waals surface area contributed by atoms with E-state index in [1.807, 2.05) is 0 Å². The van der Waals surface area contributed by atoms with Crippen LogP contribution in [-0.2, 0) is 19.1 Å². The Morgan fingerprint density at radius 1 is 1.19 bits per heavy atom. The van der Waals surface area contributed by atoms with Crippen molar-refractivity contribution in [3.05, 3.63) is 12.7 Å². The molecule has 0 radical (unpaired) electrons. The summed E-state index contributed by atoms with van der Waals surface area (Å²) in [5.74, 6) is -1.39. The molecule has 0 aliphatic carbocycles. The Balaban J connectivity index is 4.30. The Kier molecular flexibility index (Phi) is 7.65. The largest absolute Gasteiger partial charge is 0.451 e. The van der Waals surface area contributed by atoms with E-state index in [1.54, 1.807) is 20.8 Å². The second kappa shape index (κ2) is 8.41. The number of hydrogen-bond donors (Lipinski definition) is 2. The predicted octanol–water partition coefficient (Wildman–Crippen LogP) is 1.13. The Morgan fingerprint density at radius 2 is 1.76 bits per heavy atom. The SMILES string of the molecule is C=CCOC(C)C(=O)OC(C)C(=O)NC(=O)NC(C)(C)C. The summed E-state index contributed by atoms with van der Waals surface area (Å²) in [5.41, 5.74) is -0.475. The summed E-state index contributed by atoms with van der Waals surface area (Å²) in [6, 6.07) is -0.647. The minimum Gasteiger partial charge on any atom is -0.451 e. The van der Waals surface area contributed by atoms with Gasteiger partial charge in [0.1, 0.15) is 0 Å². The molecular weight excluding hydrogens is 276 g/mol. The maximum absolute atomic E-state index is 11.7. The summed E-state index contributed by atoms with van der Waals surface area (Å²) in [6.07, 6.45) is -0.420. The zero-order valence-corrected chi connectivity index (χ0v) is 13.2. The van der Waals surface area contributed by atoms with E-state index in [1.165, 1.54) is 19.9 Å². The molecular formula is C14H24N2O5. The molecule has 3 amide bonds. The van der Waals surface area contributed by atoms with Crippen LogP contribution in [0.15, 0.2) is 12.7 Å². The number of hydrogen-bond acceptors (Lipinski definition) is 5. The van der Waals surface area contributed by atoms with Gasteiger partial charge < -0.3 is 14.8 Å². The van der Waals surface area contributed by atoms with Crippen molar-refractivity contribution in [2.45, 2.75) is 52.4 Å². The number of rotatable bonds is 6. The first-order valence-corrected chi connectivity index (χ1v) is 6.63. The minimum absolute atomic E-state index is 0.199. The Hall–Kier alpha value is -1.89. The van der Waals surface area contributed by atoms with Gasteiger partial charge in [0, 0.05) is 5.54 Å². The van der Waals surface area contributed by atoms with Crippen LogP contribution < -0.4 is 10.6 Å². The zero-order chi connectivity index (χ0) is 16.6. The van der Waals surface area contributed by atoms with Crippen LogP contribution in [0.3, 0.4) is 0 Å². The molecule has 2 unspecified atom stereocenters. The lowest BCUT2D eigenvalue weighted by Gasteiger charge is -2.21. The number of imide groups is 1. The van der Waals surface area contributed by atoms with Crippen molar-refractivity contribution < 1.29 is 23.9 Å². The molecule has 0 aromatic heterocycles. The van der Waals surface area contributed by atoms with Gasteiger partial charge in [-0.05, 0) is 34.6 Å². The zero-order valence-electron chi connectivity index (χ0n) is 13.2. The van der Waals surface area contributed by atoms with Crippen LogP contribution >= 0.6 is 0 Å². The fraction of sp³-hybridized carbons (Fsp3) is 0.643. The number of ether oxygens (including phenoxy) is 2. The van der Waals surface area contributed by atoms with Crippen molar-refractivity contribution >= 4 is 17.9 Å². The number of esters is 1. The molecule has 2 N–H and O–H groups in total. The Labute approximate surface area is 125 Å². The average Bonchev–Trinajstić information content (AvgIpc) is 2.32. The van der Waals surface area contributed by atoms with Gasteiger partial charge in [0.05, 0.1) is 6.61 Å². The molecule has 7 nitrogen and oxygen atoms in total. The van der Waals surface area contributed by atoms with E-state index >= 15 is 0 Å². The van der Waals surface area contributed by atoms with Crippen LogP contribution in [-0.4, -0.2) is 42.3 Å². The molecule has 0 aromatic rings. The average molecular weight is 300 g/mol. The molecule has 7 heteroatoms. The molecule has 0 bridgehead atoms. The van der Waals surface area contributed by atoms with Gasteiger partial charge in [-0.2, -0.15) is 0 Å². The first-order chi connectivity index (χ1) is 9.56. The molecule has 0 saturated carbocycles. The summed E-state index contributed by atoms with van der Waals surface area (Å²) in [6.45, 7) is 11.9. The topological polar surface area (TPSA) is 93.7 Å². The monoisotopic (exact) mass is 300 g/mol. The van der Waals surface area contributed by atoms with Gasteiger partial charge >= 0.3 is 12.0 Å². The van der Waals surface area contributed by atoms with Crippen molar-refractivity contribution in [2.24, 2.45) is 0 Å². The molecule has 2 atom stereocenters. The fourth-order valence-corrected chi connectivity index (χ4v) is 1.19. The van der Waals surface area contributed by atoms with Gasteiger partial charge in [0.25, 0.3) is 5.91 Å². The van der Waals surface area contributed by atoms with Gasteiger partial charge in [-0.1, -0.05) is 6.08 Å². The molecule has 0 heterocycles. The van der Waals surface area contributed by atoms with Crippen molar-refractivity contribution in [3.8, 4) is 0 Å². The van der Waals surface area contributed by atoms with Gasteiger partial charge in [-0.15, -0.1) is 6.58 Å². The van der Waals surface area contributed by atoms with E-state index < -0.39 is 35.7 Å². The molecule has 0 aliphatic heterocycles. The number of nitrogens with one attached hydrogen (secondary N) is 2. The van der Waals surface area contributed by atoms with Crippen molar-refractivity contribution in [1.29, 1.82) is 0 Å². The van der Waals surface area contributed by atoms with E-state index in [0.29, 0.717) is 0 Å². The van der Waals surface area contributed by atoms with E-state index in [9.17, 15) is 14.4 Å². The summed E-state index contributed by atoms with van der Waals surface area (Å²) < 4.78 is 9.99. The van der Waals surface area contributed by atoms with Crippen LogP contribution in [0, 0.1) is 0 Å². The highest BCUT2D eigenvalue weighted by Gasteiger charge is 2.24. The third-order valence-corrected chi connectivity index (χ3v) is 2.18. The van der Waals surface area contributed by atoms with Crippen LogP contribution in [0.5, 0.6) is 0 Å². The minimum atomic E-state index is -1.10. The van der Waals surface area contributed by atoms with Crippen molar-refractivity contribution in [1.82, 2.24) is 10.6 Å². The highest BCUT2D eigenvalue weighted by molar-refractivity contribution is 5.97. The summed E-state index contributed by atoms with van der Waals surface area (Å²) in [4.78, 5) is 34.8. The second-order valence-corrected chi connectivity index (χ2v) is 5.54. The van der Waals surface area contributed by atoms with Crippen LogP contribution in [0.25, 0.3) is 0 Å². The smallest absolute Gasteiger partial charge is 0.335 e. The summed E-state index contributed by atoms with van der Waals surface area (Å²) in [7, 11) is 0. The standard InChI is InChI=1S/C14H24N2O5/c1-7-8-20-10(3)12(18)21-9(2)11(17)15-13(19)16-14(4,5)6/h7,9-10H,1,8H2,2-6H3,(H2,15,16,17,19). The van der Waals surface area contributed by atoms with E-state index in [2.05, 4.69) is 17.2 Å². The lowest BCUT2D eigenvalue weighted by molar-refractivity contribution is -0.164. The molecule has 0 aromatic carbocycles. The maximum atomic E-state index is 11.7. The second-order valence-electron chi connectivity index (χ2n) is 5.54. The Bertz CT molecular complexity index is 401. The molecule has 0 rings (SSSR count). The summed E-state index contributed by atoms with van der Waals surface area (Å²) in [5, 5.41) is 4.66. The van der Waals surface area contributed by atoms with Crippen LogP contribution in [0.1, 0.15) is 34.6 Å². The molecule has 0 fully saturated rings. The summed E-state index contributed by atoms with van der Waals surface area (Å²) >= 11 is 0. The molecule has 0 saturated heterocycles. The third-order valence-electron chi connectivity index (χ3n) is 2.18. The third kappa shape index (κ3) is 8.80. The number of urea groups is 1. The lowest BCUT2D eigenvalue weighted by Crippen LogP contribution is -2.50. The van der Waals surface area contributed by atoms with Gasteiger partial charge in [0.15, 0.2) is 12.2 Å². The first-order valence-electron chi connectivity index (χ1n) is 6.63. The normalized spacial score (nSPS) is 13.8. The van der Waals surface area contributed by atoms with Gasteiger partial charge in [-0.25, -0.2) is 9.59 Å². The lowest BCUT2D eigenvalue weighted by atomic mass is 10.1. The van der Waals surface area contributed by atoms with Crippen molar-refractivity contribution in [2.75, 3.05) is 6.61 Å². The van der Waals surface area contributed by atoms with Crippen molar-refractivity contribution in [3.63, 3.8) is 0 Å².